The summed E-state index contributed by atoms with van der Waals surface area (Å²) in [7, 11) is 0. The van der Waals surface area contributed by atoms with E-state index in [1.54, 1.807) is 0 Å². The van der Waals surface area contributed by atoms with Gasteiger partial charge in [0.25, 0.3) is 0 Å². The van der Waals surface area contributed by atoms with Gasteiger partial charge in [0.05, 0.1) is 0 Å². The molecule has 2 aliphatic carbocycles. The standard InChI is InChI=1S/C27H31F3N4O/c1-14(2)31-19-9-10-23-20(13-19)24(15-3-5-16(6-4-15)27(35)32-18-7-8-18)26(33-23)34-25-21(29)11-17(28)12-22(25)30/h9-16,18,24,31H,3-8H2,1-2H3,(H,32,35)(H,33,34). The third-order valence-electron chi connectivity index (χ3n) is 7.15. The van der Waals surface area contributed by atoms with Crippen LogP contribution < -0.4 is 16.0 Å². The first-order valence-corrected chi connectivity index (χ1v) is 12.5. The van der Waals surface area contributed by atoms with E-state index in [1.807, 2.05) is 12.1 Å². The third kappa shape index (κ3) is 5.16. The van der Waals surface area contributed by atoms with Gasteiger partial charge in [0.2, 0.25) is 5.91 Å². The van der Waals surface area contributed by atoms with Crippen LogP contribution in [0.25, 0.3) is 0 Å². The molecule has 5 nitrogen and oxygen atoms in total. The lowest BCUT2D eigenvalue weighted by molar-refractivity contribution is -0.126. The van der Waals surface area contributed by atoms with Gasteiger partial charge in [0.15, 0.2) is 11.6 Å². The van der Waals surface area contributed by atoms with Gasteiger partial charge in [-0.3, -0.25) is 4.79 Å². The van der Waals surface area contributed by atoms with Crippen molar-refractivity contribution < 1.29 is 18.0 Å². The molecule has 0 radical (unpaired) electrons. The number of carbonyl (C=O) groups excluding carboxylic acids is 1. The van der Waals surface area contributed by atoms with Crippen LogP contribution in [0, 0.1) is 29.3 Å². The van der Waals surface area contributed by atoms with Crippen molar-refractivity contribution >= 4 is 28.8 Å². The van der Waals surface area contributed by atoms with Crippen molar-refractivity contribution in [2.45, 2.75) is 70.4 Å². The van der Waals surface area contributed by atoms with E-state index in [0.717, 1.165) is 55.5 Å². The number of rotatable bonds is 6. The molecule has 8 heteroatoms. The molecule has 2 fully saturated rings. The Labute approximate surface area is 203 Å². The molecular formula is C27H31F3N4O. The highest BCUT2D eigenvalue weighted by Crippen LogP contribution is 2.46. The maximum absolute atomic E-state index is 14.5. The number of halogens is 3. The summed E-state index contributed by atoms with van der Waals surface area (Å²) in [4.78, 5) is 16.9. The predicted molar refractivity (Wildman–Crippen MR) is 132 cm³/mol. The van der Waals surface area contributed by atoms with Crippen molar-refractivity contribution in [3.8, 4) is 0 Å². The molecule has 5 rings (SSSR count). The molecule has 1 heterocycles. The average Bonchev–Trinajstić information content (AvgIpc) is 3.54. The Morgan fingerprint density at radius 1 is 1.00 bits per heavy atom. The number of nitrogens with one attached hydrogen (secondary N) is 3. The van der Waals surface area contributed by atoms with E-state index in [9.17, 15) is 18.0 Å². The second-order valence-electron chi connectivity index (χ2n) is 10.3. The smallest absolute Gasteiger partial charge is 0.223 e. The summed E-state index contributed by atoms with van der Waals surface area (Å²) in [6.07, 6.45) is 5.29. The van der Waals surface area contributed by atoms with Gasteiger partial charge in [0, 0.05) is 47.4 Å². The normalized spacial score (nSPS) is 24.9. The molecule has 1 unspecified atom stereocenters. The number of nitrogens with zero attached hydrogens (tertiary/aromatic N) is 1. The lowest BCUT2D eigenvalue weighted by Crippen LogP contribution is -2.35. The van der Waals surface area contributed by atoms with Crippen LogP contribution >= 0.6 is 0 Å². The Morgan fingerprint density at radius 3 is 2.31 bits per heavy atom. The lowest BCUT2D eigenvalue weighted by Gasteiger charge is -2.32. The van der Waals surface area contributed by atoms with Crippen molar-refractivity contribution in [2.75, 3.05) is 10.6 Å². The van der Waals surface area contributed by atoms with Crippen LogP contribution in [-0.2, 0) is 4.79 Å². The van der Waals surface area contributed by atoms with E-state index in [-0.39, 0.29) is 29.7 Å². The second-order valence-corrected chi connectivity index (χ2v) is 10.3. The predicted octanol–water partition coefficient (Wildman–Crippen LogP) is 6.25. The molecule has 3 aliphatic rings. The van der Waals surface area contributed by atoms with Crippen LogP contribution in [0.15, 0.2) is 35.3 Å². The number of aliphatic imine (C=N–C) groups is 1. The number of carbonyl (C=O) groups is 1. The Balaban J connectivity index is 1.45. The largest absolute Gasteiger partial charge is 0.383 e. The quantitative estimate of drug-likeness (QED) is 0.454. The number of hydrogen-bond acceptors (Lipinski definition) is 3. The van der Waals surface area contributed by atoms with E-state index in [0.29, 0.717) is 24.0 Å². The Bertz CT molecular complexity index is 1130. The minimum absolute atomic E-state index is 0.00185. The highest BCUT2D eigenvalue weighted by molar-refractivity contribution is 6.08. The summed E-state index contributed by atoms with van der Waals surface area (Å²) < 4.78 is 42.4. The van der Waals surface area contributed by atoms with Crippen molar-refractivity contribution in [3.05, 3.63) is 53.3 Å². The Kier molecular flexibility index (Phi) is 6.47. The minimum atomic E-state index is -1.03. The van der Waals surface area contributed by atoms with Crippen LogP contribution in [0.3, 0.4) is 0 Å². The van der Waals surface area contributed by atoms with Crippen molar-refractivity contribution in [2.24, 2.45) is 16.8 Å². The molecule has 2 saturated carbocycles. The molecule has 2 aromatic rings. The summed E-state index contributed by atoms with van der Waals surface area (Å²) in [6, 6.07) is 7.86. The number of benzene rings is 2. The molecule has 0 spiro atoms. The number of fused-ring (bicyclic) bond motifs is 1. The Hall–Kier alpha value is -3.03. The zero-order valence-corrected chi connectivity index (χ0v) is 20.0. The molecule has 186 valence electrons. The second kappa shape index (κ2) is 9.55. The highest BCUT2D eigenvalue weighted by atomic mass is 19.1. The van der Waals surface area contributed by atoms with Gasteiger partial charge in [0.1, 0.15) is 17.3 Å². The van der Waals surface area contributed by atoms with E-state index < -0.39 is 23.1 Å². The van der Waals surface area contributed by atoms with Gasteiger partial charge in [-0.1, -0.05) is 0 Å². The summed E-state index contributed by atoms with van der Waals surface area (Å²) >= 11 is 0. The minimum Gasteiger partial charge on any atom is -0.383 e. The van der Waals surface area contributed by atoms with Gasteiger partial charge in [-0.15, -0.1) is 0 Å². The van der Waals surface area contributed by atoms with Crippen molar-refractivity contribution in [1.29, 1.82) is 0 Å². The van der Waals surface area contributed by atoms with Crippen LogP contribution in [0.1, 0.15) is 63.9 Å². The summed E-state index contributed by atoms with van der Waals surface area (Å²) in [5.41, 5.74) is 2.33. The molecule has 0 aromatic heterocycles. The van der Waals surface area contributed by atoms with E-state index >= 15 is 0 Å². The monoisotopic (exact) mass is 484 g/mol. The van der Waals surface area contributed by atoms with Gasteiger partial charge >= 0.3 is 0 Å². The van der Waals surface area contributed by atoms with Crippen LogP contribution in [0.2, 0.25) is 0 Å². The van der Waals surface area contributed by atoms with E-state index in [1.165, 1.54) is 0 Å². The molecule has 1 atom stereocenters. The number of anilines is 2. The van der Waals surface area contributed by atoms with Gasteiger partial charge in [-0.05, 0) is 82.1 Å². The molecule has 35 heavy (non-hydrogen) atoms. The molecule has 1 amide bonds. The zero-order chi connectivity index (χ0) is 24.7. The first kappa shape index (κ1) is 23.7. The number of amides is 1. The summed E-state index contributed by atoms with van der Waals surface area (Å²) in [5.74, 6) is -2.48. The van der Waals surface area contributed by atoms with Crippen LogP contribution in [0.5, 0.6) is 0 Å². The van der Waals surface area contributed by atoms with Crippen molar-refractivity contribution in [1.82, 2.24) is 5.32 Å². The molecule has 0 saturated heterocycles. The van der Waals surface area contributed by atoms with Gasteiger partial charge < -0.3 is 16.0 Å². The number of amidine groups is 1. The zero-order valence-electron chi connectivity index (χ0n) is 20.0. The third-order valence-corrected chi connectivity index (χ3v) is 7.15. The Morgan fingerprint density at radius 2 is 1.69 bits per heavy atom. The first-order chi connectivity index (χ1) is 16.8. The maximum atomic E-state index is 14.5. The average molecular weight is 485 g/mol. The van der Waals surface area contributed by atoms with Crippen LogP contribution in [-0.4, -0.2) is 23.8 Å². The van der Waals surface area contributed by atoms with E-state index in [4.69, 9.17) is 0 Å². The molecule has 0 bridgehead atoms. The molecular weight excluding hydrogens is 453 g/mol. The summed E-state index contributed by atoms with van der Waals surface area (Å²) in [6.45, 7) is 4.12. The first-order valence-electron chi connectivity index (χ1n) is 12.5. The van der Waals surface area contributed by atoms with E-state index in [2.05, 4.69) is 40.9 Å². The fourth-order valence-electron chi connectivity index (χ4n) is 5.32. The van der Waals surface area contributed by atoms with Crippen LogP contribution in [0.4, 0.5) is 30.2 Å². The molecule has 1 aliphatic heterocycles. The number of hydrogen-bond donors (Lipinski definition) is 3. The molecule has 2 aromatic carbocycles. The highest BCUT2D eigenvalue weighted by Gasteiger charge is 2.39. The SMILES string of the molecule is CC(C)Nc1ccc2c(c1)C(C1CCC(C(=O)NC3CC3)CC1)C(=Nc1c(F)cc(F)cc1F)N2. The fourth-order valence-corrected chi connectivity index (χ4v) is 5.32. The summed E-state index contributed by atoms with van der Waals surface area (Å²) in [5, 5.41) is 9.79. The fraction of sp³-hybridized carbons (Fsp3) is 0.481. The maximum Gasteiger partial charge on any atom is 0.223 e. The van der Waals surface area contributed by atoms with Crippen molar-refractivity contribution in [3.63, 3.8) is 0 Å². The lowest BCUT2D eigenvalue weighted by atomic mass is 9.73. The van der Waals surface area contributed by atoms with Gasteiger partial charge in [-0.2, -0.15) is 0 Å². The molecule has 3 N–H and O–H groups in total. The van der Waals surface area contributed by atoms with Gasteiger partial charge in [-0.25, -0.2) is 18.2 Å². The topological polar surface area (TPSA) is 65.5 Å².